The van der Waals surface area contributed by atoms with Crippen molar-refractivity contribution in [2.45, 2.75) is 32.1 Å². The van der Waals surface area contributed by atoms with Gasteiger partial charge in [-0.3, -0.25) is 0 Å². The SMILES string of the molecule is COc1ccc(F)cc1C(C)(C)C1CCCNC1. The molecule has 3 heteroatoms. The van der Waals surface area contributed by atoms with E-state index in [0.717, 1.165) is 24.4 Å². The second-order valence-electron chi connectivity index (χ2n) is 5.61. The molecule has 1 aromatic carbocycles. The van der Waals surface area contributed by atoms with Gasteiger partial charge in [-0.2, -0.15) is 0 Å². The Kier molecular flexibility index (Phi) is 3.91. The Labute approximate surface area is 109 Å². The molecule has 1 heterocycles. The number of hydrogen-bond donors (Lipinski definition) is 1. The Morgan fingerprint density at radius 1 is 1.39 bits per heavy atom. The topological polar surface area (TPSA) is 21.3 Å². The van der Waals surface area contributed by atoms with E-state index < -0.39 is 0 Å². The zero-order chi connectivity index (χ0) is 13.2. The number of halogens is 1. The average Bonchev–Trinajstić information content (AvgIpc) is 2.39. The summed E-state index contributed by atoms with van der Waals surface area (Å²) in [6.07, 6.45) is 2.37. The van der Waals surface area contributed by atoms with E-state index in [4.69, 9.17) is 4.74 Å². The number of hydrogen-bond acceptors (Lipinski definition) is 2. The number of benzene rings is 1. The Morgan fingerprint density at radius 2 is 2.17 bits per heavy atom. The fourth-order valence-corrected chi connectivity index (χ4v) is 2.87. The maximum Gasteiger partial charge on any atom is 0.123 e. The lowest BCUT2D eigenvalue weighted by atomic mass is 9.70. The molecule has 1 aliphatic rings. The van der Waals surface area contributed by atoms with Crippen molar-refractivity contribution >= 4 is 0 Å². The smallest absolute Gasteiger partial charge is 0.123 e. The first-order chi connectivity index (χ1) is 8.55. The quantitative estimate of drug-likeness (QED) is 0.891. The summed E-state index contributed by atoms with van der Waals surface area (Å²) in [5.41, 5.74) is 0.889. The van der Waals surface area contributed by atoms with Crippen molar-refractivity contribution in [3.8, 4) is 5.75 Å². The van der Waals surface area contributed by atoms with Crippen molar-refractivity contribution < 1.29 is 9.13 Å². The molecule has 0 spiro atoms. The van der Waals surface area contributed by atoms with E-state index in [9.17, 15) is 4.39 Å². The number of ether oxygens (including phenoxy) is 1. The van der Waals surface area contributed by atoms with Crippen LogP contribution >= 0.6 is 0 Å². The second-order valence-corrected chi connectivity index (χ2v) is 5.61. The van der Waals surface area contributed by atoms with Gasteiger partial charge < -0.3 is 10.1 Å². The molecule has 1 saturated heterocycles. The van der Waals surface area contributed by atoms with Crippen molar-refractivity contribution in [2.75, 3.05) is 20.2 Å². The first kappa shape index (κ1) is 13.3. The van der Waals surface area contributed by atoms with Crippen LogP contribution in [-0.2, 0) is 5.41 Å². The molecule has 18 heavy (non-hydrogen) atoms. The summed E-state index contributed by atoms with van der Waals surface area (Å²) in [4.78, 5) is 0. The molecule has 0 bridgehead atoms. The van der Waals surface area contributed by atoms with Crippen molar-refractivity contribution in [3.05, 3.63) is 29.6 Å². The van der Waals surface area contributed by atoms with E-state index in [2.05, 4.69) is 19.2 Å². The molecule has 100 valence electrons. The minimum Gasteiger partial charge on any atom is -0.496 e. The Morgan fingerprint density at radius 3 is 2.78 bits per heavy atom. The molecule has 0 aromatic heterocycles. The average molecular weight is 251 g/mol. The Hall–Kier alpha value is -1.09. The number of rotatable bonds is 3. The third-order valence-electron chi connectivity index (χ3n) is 4.17. The largest absolute Gasteiger partial charge is 0.496 e. The molecule has 0 amide bonds. The van der Waals surface area contributed by atoms with Crippen LogP contribution in [0.5, 0.6) is 5.75 Å². The van der Waals surface area contributed by atoms with Crippen LogP contribution in [0.3, 0.4) is 0 Å². The molecule has 0 aliphatic carbocycles. The van der Waals surface area contributed by atoms with Crippen molar-refractivity contribution in [2.24, 2.45) is 5.92 Å². The summed E-state index contributed by atoms with van der Waals surface area (Å²) < 4.78 is 18.9. The maximum absolute atomic E-state index is 13.5. The van der Waals surface area contributed by atoms with Crippen LogP contribution in [0, 0.1) is 11.7 Å². The molecule has 0 radical (unpaired) electrons. The molecule has 1 atom stereocenters. The molecule has 1 fully saturated rings. The predicted molar refractivity (Wildman–Crippen MR) is 71.6 cm³/mol. The Balaban J connectivity index is 2.35. The molecule has 1 aliphatic heterocycles. The van der Waals surface area contributed by atoms with Gasteiger partial charge in [-0.15, -0.1) is 0 Å². The number of nitrogens with one attached hydrogen (secondary N) is 1. The van der Waals surface area contributed by atoms with Crippen LogP contribution in [0.4, 0.5) is 4.39 Å². The van der Waals surface area contributed by atoms with Gasteiger partial charge >= 0.3 is 0 Å². The summed E-state index contributed by atoms with van der Waals surface area (Å²) in [6.45, 7) is 6.45. The van der Waals surface area contributed by atoms with Crippen molar-refractivity contribution in [3.63, 3.8) is 0 Å². The van der Waals surface area contributed by atoms with Gasteiger partial charge in [-0.1, -0.05) is 13.8 Å². The third-order valence-corrected chi connectivity index (χ3v) is 4.17. The monoisotopic (exact) mass is 251 g/mol. The first-order valence-corrected chi connectivity index (χ1v) is 6.60. The lowest BCUT2D eigenvalue weighted by molar-refractivity contribution is 0.244. The third kappa shape index (κ3) is 2.51. The molecule has 2 rings (SSSR count). The van der Waals surface area contributed by atoms with Crippen LogP contribution in [0.25, 0.3) is 0 Å². The molecular weight excluding hydrogens is 229 g/mol. The molecule has 2 nitrogen and oxygen atoms in total. The van der Waals surface area contributed by atoms with Crippen LogP contribution in [0.15, 0.2) is 18.2 Å². The van der Waals surface area contributed by atoms with Gasteiger partial charge in [0.15, 0.2) is 0 Å². The van der Waals surface area contributed by atoms with E-state index in [1.807, 2.05) is 0 Å². The van der Waals surface area contributed by atoms with Gasteiger partial charge in [0.2, 0.25) is 0 Å². The van der Waals surface area contributed by atoms with Crippen LogP contribution < -0.4 is 10.1 Å². The van der Waals surface area contributed by atoms with E-state index in [0.29, 0.717) is 5.92 Å². The number of piperidine rings is 1. The highest BCUT2D eigenvalue weighted by molar-refractivity contribution is 5.40. The van der Waals surface area contributed by atoms with Crippen LogP contribution in [0.1, 0.15) is 32.3 Å². The molecule has 1 N–H and O–H groups in total. The lowest BCUT2D eigenvalue weighted by Gasteiger charge is -2.38. The summed E-state index contributed by atoms with van der Waals surface area (Å²) in [5, 5.41) is 3.43. The van der Waals surface area contributed by atoms with Gasteiger partial charge in [0.1, 0.15) is 11.6 Å². The number of methoxy groups -OCH3 is 1. The van der Waals surface area contributed by atoms with Crippen molar-refractivity contribution in [1.82, 2.24) is 5.32 Å². The maximum atomic E-state index is 13.5. The lowest BCUT2D eigenvalue weighted by Crippen LogP contribution is -2.41. The summed E-state index contributed by atoms with van der Waals surface area (Å²) in [7, 11) is 1.64. The van der Waals surface area contributed by atoms with Crippen LogP contribution in [0.2, 0.25) is 0 Å². The minimum absolute atomic E-state index is 0.0825. The van der Waals surface area contributed by atoms with E-state index >= 15 is 0 Å². The Bertz CT molecular complexity index is 411. The highest BCUT2D eigenvalue weighted by Crippen LogP contribution is 2.40. The fraction of sp³-hybridized carbons (Fsp3) is 0.600. The van der Waals surface area contributed by atoms with E-state index in [1.54, 1.807) is 19.2 Å². The summed E-state index contributed by atoms with van der Waals surface area (Å²) >= 11 is 0. The standard InChI is InChI=1S/C15H22FNO/c1-15(2,11-5-4-8-17-10-11)13-9-12(16)6-7-14(13)18-3/h6-7,9,11,17H,4-5,8,10H2,1-3H3. The van der Waals surface area contributed by atoms with Gasteiger partial charge in [0.05, 0.1) is 7.11 Å². The van der Waals surface area contributed by atoms with Gasteiger partial charge in [-0.05, 0) is 55.5 Å². The van der Waals surface area contributed by atoms with Gasteiger partial charge in [-0.25, -0.2) is 4.39 Å². The normalized spacial score (nSPS) is 20.8. The minimum atomic E-state index is -0.192. The molecule has 0 saturated carbocycles. The zero-order valence-corrected chi connectivity index (χ0v) is 11.4. The zero-order valence-electron chi connectivity index (χ0n) is 11.4. The fourth-order valence-electron chi connectivity index (χ4n) is 2.87. The molecular formula is C15H22FNO. The van der Waals surface area contributed by atoms with E-state index in [1.165, 1.54) is 18.9 Å². The van der Waals surface area contributed by atoms with Gasteiger partial charge in [0, 0.05) is 5.56 Å². The molecule has 1 unspecified atom stereocenters. The highest BCUT2D eigenvalue weighted by atomic mass is 19.1. The molecule has 1 aromatic rings. The van der Waals surface area contributed by atoms with E-state index in [-0.39, 0.29) is 11.2 Å². The second kappa shape index (κ2) is 5.27. The van der Waals surface area contributed by atoms with Gasteiger partial charge in [0.25, 0.3) is 0 Å². The highest BCUT2D eigenvalue weighted by Gasteiger charge is 2.34. The first-order valence-electron chi connectivity index (χ1n) is 6.60. The summed E-state index contributed by atoms with van der Waals surface area (Å²) in [5.74, 6) is 1.11. The summed E-state index contributed by atoms with van der Waals surface area (Å²) in [6, 6.07) is 4.80. The predicted octanol–water partition coefficient (Wildman–Crippen LogP) is 3.11. The van der Waals surface area contributed by atoms with Crippen molar-refractivity contribution in [1.29, 1.82) is 0 Å². The van der Waals surface area contributed by atoms with Crippen LogP contribution in [-0.4, -0.2) is 20.2 Å².